The zero-order valence-electron chi connectivity index (χ0n) is 18.0. The fourth-order valence-electron chi connectivity index (χ4n) is 3.10. The van der Waals surface area contributed by atoms with Gasteiger partial charge in [0.25, 0.3) is 0 Å². The molecule has 3 rings (SSSR count). The Kier molecular flexibility index (Phi) is 8.01. The van der Waals surface area contributed by atoms with Crippen LogP contribution in [0.5, 0.6) is 5.75 Å². The minimum absolute atomic E-state index is 0.000958. The van der Waals surface area contributed by atoms with Gasteiger partial charge in [0.1, 0.15) is 17.6 Å². The van der Waals surface area contributed by atoms with E-state index in [0.717, 1.165) is 5.56 Å². The molecule has 2 atom stereocenters. The first-order chi connectivity index (χ1) is 15.7. The standard InChI is InChI=1S/C26H25O6P/c1-19(25(27)21-9-5-3-6-10-21)13-14-20(2)31-33(29,30)32-24-17-15-23(16-18-24)26(28)22-11-7-4-8-12-22/h3-12,15-18,26,28H,1-2,13-14H2,(H,29,30). The maximum absolute atomic E-state index is 12.3. The number of carbonyl (C=O) groups is 1. The lowest BCUT2D eigenvalue weighted by Crippen LogP contribution is -2.04. The molecule has 0 aliphatic carbocycles. The summed E-state index contributed by atoms with van der Waals surface area (Å²) in [5, 5.41) is 10.4. The lowest BCUT2D eigenvalue weighted by Gasteiger charge is -2.16. The highest BCUT2D eigenvalue weighted by atomic mass is 31.2. The monoisotopic (exact) mass is 464 g/mol. The highest BCUT2D eigenvalue weighted by Crippen LogP contribution is 2.46. The van der Waals surface area contributed by atoms with Crippen molar-refractivity contribution in [2.75, 3.05) is 0 Å². The van der Waals surface area contributed by atoms with Crippen LogP contribution in [0.4, 0.5) is 0 Å². The number of hydrogen-bond acceptors (Lipinski definition) is 5. The van der Waals surface area contributed by atoms with Gasteiger partial charge in [-0.2, -0.15) is 0 Å². The summed E-state index contributed by atoms with van der Waals surface area (Å²) in [6.07, 6.45) is -0.476. The Morgan fingerprint density at radius 2 is 1.39 bits per heavy atom. The van der Waals surface area contributed by atoms with E-state index >= 15 is 0 Å². The number of phosphoric acid groups is 1. The van der Waals surface area contributed by atoms with Crippen molar-refractivity contribution in [3.05, 3.63) is 126 Å². The summed E-state index contributed by atoms with van der Waals surface area (Å²) in [5.74, 6) is -0.107. The minimum Gasteiger partial charge on any atom is -0.400 e. The van der Waals surface area contributed by atoms with Gasteiger partial charge in [-0.3, -0.25) is 9.69 Å². The first kappa shape index (κ1) is 24.2. The summed E-state index contributed by atoms with van der Waals surface area (Å²) in [6.45, 7) is 7.42. The summed E-state index contributed by atoms with van der Waals surface area (Å²) in [4.78, 5) is 22.4. The van der Waals surface area contributed by atoms with E-state index < -0.39 is 13.9 Å². The maximum atomic E-state index is 12.3. The predicted octanol–water partition coefficient (Wildman–Crippen LogP) is 6.00. The van der Waals surface area contributed by atoms with Crippen LogP contribution in [0.1, 0.15) is 40.4 Å². The first-order valence-corrected chi connectivity index (χ1v) is 11.7. The molecule has 0 radical (unpaired) electrons. The molecular weight excluding hydrogens is 439 g/mol. The van der Waals surface area contributed by atoms with Gasteiger partial charge in [0.05, 0.1) is 0 Å². The molecule has 0 heterocycles. The number of benzene rings is 3. The number of hydrogen-bond donors (Lipinski definition) is 2. The number of phosphoric ester groups is 1. The number of aliphatic hydroxyl groups excluding tert-OH is 1. The van der Waals surface area contributed by atoms with E-state index in [-0.39, 0.29) is 30.1 Å². The van der Waals surface area contributed by atoms with Crippen LogP contribution in [0.3, 0.4) is 0 Å². The number of ketones is 1. The molecule has 6 nitrogen and oxygen atoms in total. The Hall–Kier alpha value is -3.44. The molecule has 0 saturated carbocycles. The molecule has 0 fully saturated rings. The molecule has 0 bridgehead atoms. The Morgan fingerprint density at radius 1 is 0.848 bits per heavy atom. The van der Waals surface area contributed by atoms with Gasteiger partial charge in [0.2, 0.25) is 0 Å². The van der Waals surface area contributed by atoms with Gasteiger partial charge < -0.3 is 14.2 Å². The highest BCUT2D eigenvalue weighted by Gasteiger charge is 2.26. The summed E-state index contributed by atoms with van der Waals surface area (Å²) in [7, 11) is -4.49. The summed E-state index contributed by atoms with van der Waals surface area (Å²) in [5.41, 5.74) is 2.19. The van der Waals surface area contributed by atoms with Gasteiger partial charge in [-0.25, -0.2) is 4.57 Å². The molecular formula is C26H25O6P. The topological polar surface area (TPSA) is 93.1 Å². The van der Waals surface area contributed by atoms with Crippen LogP contribution in [0.15, 0.2) is 109 Å². The van der Waals surface area contributed by atoms with Gasteiger partial charge in [0, 0.05) is 12.0 Å². The van der Waals surface area contributed by atoms with Crippen LogP contribution in [0.2, 0.25) is 0 Å². The Labute approximate surface area is 193 Å². The highest BCUT2D eigenvalue weighted by molar-refractivity contribution is 7.48. The third-order valence-corrected chi connectivity index (χ3v) is 5.77. The van der Waals surface area contributed by atoms with Gasteiger partial charge in [-0.05, 0) is 35.3 Å². The van der Waals surface area contributed by atoms with Gasteiger partial charge >= 0.3 is 7.82 Å². The number of carbonyl (C=O) groups excluding carboxylic acids is 1. The van der Waals surface area contributed by atoms with Crippen LogP contribution in [-0.2, 0) is 9.09 Å². The van der Waals surface area contributed by atoms with E-state index in [9.17, 15) is 19.4 Å². The fraction of sp³-hybridized carbons (Fsp3) is 0.115. The average Bonchev–Trinajstić information content (AvgIpc) is 2.82. The Balaban J connectivity index is 1.52. The quantitative estimate of drug-likeness (QED) is 0.157. The molecule has 0 spiro atoms. The molecule has 2 unspecified atom stereocenters. The van der Waals surface area contributed by atoms with Crippen molar-refractivity contribution in [3.63, 3.8) is 0 Å². The molecule has 0 aliphatic heterocycles. The molecule has 3 aromatic carbocycles. The van der Waals surface area contributed by atoms with Gasteiger partial charge in [-0.15, -0.1) is 0 Å². The van der Waals surface area contributed by atoms with Crippen molar-refractivity contribution in [1.82, 2.24) is 0 Å². The van der Waals surface area contributed by atoms with E-state index in [0.29, 0.717) is 16.7 Å². The van der Waals surface area contributed by atoms with Crippen molar-refractivity contribution >= 4 is 13.6 Å². The Bertz CT molecular complexity index is 1160. The lowest BCUT2D eigenvalue weighted by molar-refractivity contribution is 0.103. The Morgan fingerprint density at radius 3 is 2.00 bits per heavy atom. The predicted molar refractivity (Wildman–Crippen MR) is 127 cm³/mol. The van der Waals surface area contributed by atoms with Gasteiger partial charge in [-0.1, -0.05) is 86.0 Å². The maximum Gasteiger partial charge on any atom is 0.584 e. The van der Waals surface area contributed by atoms with E-state index in [1.807, 2.05) is 24.3 Å². The van der Waals surface area contributed by atoms with E-state index in [1.54, 1.807) is 48.5 Å². The average molecular weight is 464 g/mol. The second kappa shape index (κ2) is 10.9. The molecule has 0 aromatic heterocycles. The summed E-state index contributed by atoms with van der Waals surface area (Å²) >= 11 is 0. The molecule has 3 aromatic rings. The molecule has 33 heavy (non-hydrogen) atoms. The molecule has 0 saturated heterocycles. The number of rotatable bonds is 11. The van der Waals surface area contributed by atoms with Crippen LogP contribution in [0.25, 0.3) is 0 Å². The van der Waals surface area contributed by atoms with Crippen molar-refractivity contribution in [2.24, 2.45) is 0 Å². The van der Waals surface area contributed by atoms with Crippen LogP contribution in [-0.4, -0.2) is 15.8 Å². The SMILES string of the molecule is C=C(CCC(=C)C(=O)c1ccccc1)OP(=O)(O)Oc1ccc(C(O)c2ccccc2)cc1. The zero-order valence-corrected chi connectivity index (χ0v) is 18.9. The van der Waals surface area contributed by atoms with E-state index in [2.05, 4.69) is 13.2 Å². The normalized spacial score (nSPS) is 13.4. The van der Waals surface area contributed by atoms with Crippen molar-refractivity contribution in [3.8, 4) is 5.75 Å². The van der Waals surface area contributed by atoms with Crippen molar-refractivity contribution < 1.29 is 28.4 Å². The second-order valence-electron chi connectivity index (χ2n) is 7.37. The van der Waals surface area contributed by atoms with E-state index in [4.69, 9.17) is 9.05 Å². The number of aliphatic hydroxyl groups is 1. The molecule has 7 heteroatoms. The van der Waals surface area contributed by atoms with Crippen molar-refractivity contribution in [2.45, 2.75) is 18.9 Å². The molecule has 2 N–H and O–H groups in total. The van der Waals surface area contributed by atoms with E-state index in [1.165, 1.54) is 12.1 Å². The summed E-state index contributed by atoms with van der Waals surface area (Å²) < 4.78 is 22.5. The fourth-order valence-corrected chi connectivity index (χ4v) is 3.94. The van der Waals surface area contributed by atoms with Crippen LogP contribution < -0.4 is 4.52 Å². The summed E-state index contributed by atoms with van der Waals surface area (Å²) in [6, 6.07) is 24.0. The minimum atomic E-state index is -4.49. The third kappa shape index (κ3) is 7.02. The molecule has 170 valence electrons. The number of allylic oxidation sites excluding steroid dienone is 2. The lowest BCUT2D eigenvalue weighted by atomic mass is 10.0. The van der Waals surface area contributed by atoms with Crippen LogP contribution in [0, 0.1) is 0 Å². The molecule has 0 amide bonds. The first-order valence-electron chi connectivity index (χ1n) is 10.3. The smallest absolute Gasteiger partial charge is 0.400 e. The zero-order chi connectivity index (χ0) is 23.8. The number of Topliss-reactive ketones (excluding diaryl/α,β-unsaturated/α-hetero) is 1. The van der Waals surface area contributed by atoms with Crippen LogP contribution >= 0.6 is 7.82 Å². The largest absolute Gasteiger partial charge is 0.584 e. The molecule has 0 aliphatic rings. The van der Waals surface area contributed by atoms with Crippen molar-refractivity contribution in [1.29, 1.82) is 0 Å². The third-order valence-electron chi connectivity index (χ3n) is 4.84. The second-order valence-corrected chi connectivity index (χ2v) is 8.67. The van der Waals surface area contributed by atoms with Gasteiger partial charge in [0.15, 0.2) is 5.78 Å².